The molecule has 1 N–H and O–H groups in total. The number of benzene rings is 2. The highest BCUT2D eigenvalue weighted by molar-refractivity contribution is 6.34. The van der Waals surface area contributed by atoms with E-state index < -0.39 is 0 Å². The second-order valence-corrected chi connectivity index (χ2v) is 6.38. The summed E-state index contributed by atoms with van der Waals surface area (Å²) >= 11 is 6.05. The van der Waals surface area contributed by atoms with Gasteiger partial charge in [-0.1, -0.05) is 29.8 Å². The Bertz CT molecular complexity index is 772. The van der Waals surface area contributed by atoms with Gasteiger partial charge in [0.1, 0.15) is 0 Å². The lowest BCUT2D eigenvalue weighted by Gasteiger charge is -2.22. The van der Waals surface area contributed by atoms with Crippen molar-refractivity contribution >= 4 is 29.1 Å². The van der Waals surface area contributed by atoms with Crippen LogP contribution in [-0.4, -0.2) is 29.8 Å². The summed E-state index contributed by atoms with van der Waals surface area (Å²) in [5.41, 5.74) is 2.39. The number of aryl methyl sites for hydroxylation is 1. The quantitative estimate of drug-likeness (QED) is 0.894. The smallest absolute Gasteiger partial charge is 0.257 e. The van der Waals surface area contributed by atoms with Crippen LogP contribution in [0.25, 0.3) is 0 Å². The highest BCUT2D eigenvalue weighted by Crippen LogP contribution is 2.20. The van der Waals surface area contributed by atoms with Gasteiger partial charge >= 0.3 is 0 Å². The Balaban J connectivity index is 2.27. The van der Waals surface area contributed by atoms with Crippen molar-refractivity contribution in [1.29, 1.82) is 0 Å². The molecule has 0 saturated carbocycles. The third-order valence-electron chi connectivity index (χ3n) is 3.94. The number of rotatable bonds is 4. The fourth-order valence-corrected chi connectivity index (χ4v) is 2.42. The molecule has 2 aromatic carbocycles. The first kappa shape index (κ1) is 18.0. The fourth-order valence-electron chi connectivity index (χ4n) is 2.20. The van der Waals surface area contributed by atoms with Gasteiger partial charge in [0.15, 0.2) is 0 Å². The number of nitrogens with one attached hydrogen (secondary N) is 1. The Morgan fingerprint density at radius 1 is 1.08 bits per heavy atom. The van der Waals surface area contributed by atoms with Gasteiger partial charge in [-0.3, -0.25) is 9.59 Å². The summed E-state index contributed by atoms with van der Waals surface area (Å²) in [7, 11) is 1.77. The van der Waals surface area contributed by atoms with E-state index in [1.54, 1.807) is 48.3 Å². The number of carbonyl (C=O) groups excluding carboxylic acids is 2. The van der Waals surface area contributed by atoms with Gasteiger partial charge in [-0.2, -0.15) is 0 Å². The molecule has 0 aliphatic heterocycles. The summed E-state index contributed by atoms with van der Waals surface area (Å²) in [6.07, 6.45) is 0. The zero-order chi connectivity index (χ0) is 17.9. The van der Waals surface area contributed by atoms with E-state index >= 15 is 0 Å². The van der Waals surface area contributed by atoms with Crippen LogP contribution in [0, 0.1) is 6.92 Å². The molecule has 2 amide bonds. The van der Waals surface area contributed by atoms with Crippen LogP contribution in [-0.2, 0) is 0 Å². The minimum absolute atomic E-state index is 0.0728. The van der Waals surface area contributed by atoms with E-state index in [-0.39, 0.29) is 17.9 Å². The second kappa shape index (κ2) is 7.49. The maximum absolute atomic E-state index is 12.6. The number of nitrogens with zero attached hydrogens (tertiary/aromatic N) is 1. The average Bonchev–Trinajstić information content (AvgIpc) is 2.55. The fraction of sp³-hybridized carbons (Fsp3) is 0.263. The second-order valence-electron chi connectivity index (χ2n) is 5.97. The molecule has 2 aromatic rings. The van der Waals surface area contributed by atoms with E-state index in [4.69, 9.17) is 11.6 Å². The van der Waals surface area contributed by atoms with Crippen molar-refractivity contribution in [2.75, 3.05) is 12.4 Å². The van der Waals surface area contributed by atoms with Gasteiger partial charge in [0.25, 0.3) is 11.8 Å². The molecule has 2 rings (SSSR count). The third-order valence-corrected chi connectivity index (χ3v) is 4.27. The van der Waals surface area contributed by atoms with E-state index in [0.29, 0.717) is 21.8 Å². The van der Waals surface area contributed by atoms with Crippen LogP contribution < -0.4 is 5.32 Å². The molecule has 126 valence electrons. The van der Waals surface area contributed by atoms with Gasteiger partial charge < -0.3 is 10.2 Å². The number of halogens is 1. The van der Waals surface area contributed by atoms with E-state index in [2.05, 4.69) is 5.32 Å². The SMILES string of the molecule is Cc1ccc(NC(=O)c2ccccc2Cl)cc1C(=O)N(C)C(C)C. The molecule has 0 heterocycles. The molecule has 4 nitrogen and oxygen atoms in total. The summed E-state index contributed by atoms with van der Waals surface area (Å²) in [4.78, 5) is 26.6. The maximum atomic E-state index is 12.6. The molecule has 0 spiro atoms. The normalized spacial score (nSPS) is 10.6. The molecule has 24 heavy (non-hydrogen) atoms. The molecule has 5 heteroatoms. The van der Waals surface area contributed by atoms with Crippen molar-refractivity contribution in [3.05, 3.63) is 64.2 Å². The molecule has 0 atom stereocenters. The van der Waals surface area contributed by atoms with Gasteiger partial charge in [-0.25, -0.2) is 0 Å². The van der Waals surface area contributed by atoms with Crippen LogP contribution in [0.15, 0.2) is 42.5 Å². The largest absolute Gasteiger partial charge is 0.339 e. The monoisotopic (exact) mass is 344 g/mol. The average molecular weight is 345 g/mol. The Kier molecular flexibility index (Phi) is 5.62. The van der Waals surface area contributed by atoms with Crippen LogP contribution >= 0.6 is 11.6 Å². The van der Waals surface area contributed by atoms with Crippen molar-refractivity contribution in [3.8, 4) is 0 Å². The Morgan fingerprint density at radius 2 is 1.75 bits per heavy atom. The molecule has 0 aromatic heterocycles. The highest BCUT2D eigenvalue weighted by Gasteiger charge is 2.18. The summed E-state index contributed by atoms with van der Waals surface area (Å²) in [5.74, 6) is -0.378. The molecule has 0 aliphatic carbocycles. The highest BCUT2D eigenvalue weighted by atomic mass is 35.5. The molecular formula is C19H21ClN2O2. The van der Waals surface area contributed by atoms with Crippen molar-refractivity contribution in [2.45, 2.75) is 26.8 Å². The molecule has 0 aliphatic rings. The minimum atomic E-state index is -0.305. The topological polar surface area (TPSA) is 49.4 Å². The van der Waals surface area contributed by atoms with E-state index in [1.165, 1.54) is 0 Å². The van der Waals surface area contributed by atoms with Gasteiger partial charge in [0, 0.05) is 24.3 Å². The lowest BCUT2D eigenvalue weighted by molar-refractivity contribution is 0.0754. The van der Waals surface area contributed by atoms with Crippen LogP contribution in [0.2, 0.25) is 5.02 Å². The van der Waals surface area contributed by atoms with Crippen molar-refractivity contribution < 1.29 is 9.59 Å². The van der Waals surface area contributed by atoms with E-state index in [9.17, 15) is 9.59 Å². The first-order chi connectivity index (χ1) is 11.3. The first-order valence-corrected chi connectivity index (χ1v) is 8.12. The van der Waals surface area contributed by atoms with E-state index in [1.807, 2.05) is 26.8 Å². The van der Waals surface area contributed by atoms with Gasteiger partial charge in [0.2, 0.25) is 0 Å². The molecule has 0 saturated heterocycles. The van der Waals surface area contributed by atoms with Crippen molar-refractivity contribution in [1.82, 2.24) is 4.90 Å². The van der Waals surface area contributed by atoms with Crippen LogP contribution in [0.4, 0.5) is 5.69 Å². The minimum Gasteiger partial charge on any atom is -0.339 e. The number of hydrogen-bond acceptors (Lipinski definition) is 2. The Hall–Kier alpha value is -2.33. The predicted octanol–water partition coefficient (Wildman–Crippen LogP) is 4.38. The molecular weight excluding hydrogens is 324 g/mol. The van der Waals surface area contributed by atoms with Gasteiger partial charge in [-0.15, -0.1) is 0 Å². The summed E-state index contributed by atoms with van der Waals surface area (Å²) in [6, 6.07) is 12.2. The Labute approximate surface area is 147 Å². The molecule has 0 radical (unpaired) electrons. The van der Waals surface area contributed by atoms with Crippen LogP contribution in [0.3, 0.4) is 0 Å². The number of hydrogen-bond donors (Lipinski definition) is 1. The standard InChI is InChI=1S/C19H21ClN2O2/c1-12(2)22(4)19(24)16-11-14(10-9-13(16)3)21-18(23)15-7-5-6-8-17(15)20/h5-12H,1-4H3,(H,21,23). The summed E-state index contributed by atoms with van der Waals surface area (Å²) < 4.78 is 0. The van der Waals surface area contributed by atoms with Gasteiger partial charge in [-0.05, 0) is 50.6 Å². The number of carbonyl (C=O) groups is 2. The van der Waals surface area contributed by atoms with Crippen LogP contribution in [0.1, 0.15) is 40.1 Å². The third kappa shape index (κ3) is 3.95. The Morgan fingerprint density at radius 3 is 2.38 bits per heavy atom. The van der Waals surface area contributed by atoms with E-state index in [0.717, 1.165) is 5.56 Å². The predicted molar refractivity (Wildman–Crippen MR) is 97.8 cm³/mol. The van der Waals surface area contributed by atoms with Gasteiger partial charge in [0.05, 0.1) is 10.6 Å². The number of anilines is 1. The molecule has 0 unspecified atom stereocenters. The first-order valence-electron chi connectivity index (χ1n) is 7.75. The summed E-state index contributed by atoms with van der Waals surface area (Å²) in [5, 5.41) is 3.18. The molecule has 0 fully saturated rings. The van der Waals surface area contributed by atoms with Crippen molar-refractivity contribution in [2.24, 2.45) is 0 Å². The molecule has 0 bridgehead atoms. The number of amides is 2. The zero-order valence-electron chi connectivity index (χ0n) is 14.3. The zero-order valence-corrected chi connectivity index (χ0v) is 15.0. The van der Waals surface area contributed by atoms with Crippen molar-refractivity contribution in [3.63, 3.8) is 0 Å². The lowest BCUT2D eigenvalue weighted by Crippen LogP contribution is -2.33. The van der Waals surface area contributed by atoms with Crippen LogP contribution in [0.5, 0.6) is 0 Å². The maximum Gasteiger partial charge on any atom is 0.257 e. The summed E-state index contributed by atoms with van der Waals surface area (Å²) in [6.45, 7) is 5.79. The lowest BCUT2D eigenvalue weighted by atomic mass is 10.1.